The lowest BCUT2D eigenvalue weighted by Gasteiger charge is -2.16. The van der Waals surface area contributed by atoms with Crippen molar-refractivity contribution >= 4 is 6.09 Å². The van der Waals surface area contributed by atoms with Crippen LogP contribution in [0.4, 0.5) is 4.79 Å². The number of carbonyl (C=O) groups is 1. The maximum Gasteiger partial charge on any atom is 0.413 e. The van der Waals surface area contributed by atoms with Gasteiger partial charge in [-0.05, 0) is 25.7 Å². The molecule has 1 saturated heterocycles. The van der Waals surface area contributed by atoms with Crippen LogP contribution in [0.3, 0.4) is 0 Å². The first-order valence-corrected chi connectivity index (χ1v) is 4.99. The summed E-state index contributed by atoms with van der Waals surface area (Å²) in [4.78, 5) is 12.8. The first-order valence-electron chi connectivity index (χ1n) is 4.99. The van der Waals surface area contributed by atoms with Crippen molar-refractivity contribution in [1.29, 1.82) is 0 Å². The Morgan fingerprint density at radius 3 is 2.62 bits per heavy atom. The first-order chi connectivity index (χ1) is 6.36. The molecule has 0 aromatic heterocycles. The second kappa shape index (κ2) is 3.81. The molecule has 1 aliphatic carbocycles. The van der Waals surface area contributed by atoms with E-state index in [1.807, 2.05) is 6.20 Å². The van der Waals surface area contributed by atoms with Crippen molar-refractivity contribution < 1.29 is 9.53 Å². The Balaban J connectivity index is 1.96. The van der Waals surface area contributed by atoms with Gasteiger partial charge in [0.05, 0.1) is 6.54 Å². The van der Waals surface area contributed by atoms with E-state index in [1.54, 1.807) is 4.90 Å². The van der Waals surface area contributed by atoms with Crippen molar-refractivity contribution in [2.45, 2.75) is 32.1 Å². The summed E-state index contributed by atoms with van der Waals surface area (Å²) in [5, 5.41) is 0. The Bertz CT molecular complexity index is 227. The lowest BCUT2D eigenvalue weighted by molar-refractivity contribution is 0.166. The molecule has 0 atom stereocenters. The molecule has 13 heavy (non-hydrogen) atoms. The van der Waals surface area contributed by atoms with Crippen LogP contribution < -0.4 is 0 Å². The molecule has 0 radical (unpaired) electrons. The third-order valence-corrected chi connectivity index (χ3v) is 2.63. The second-order valence-electron chi connectivity index (χ2n) is 3.66. The van der Waals surface area contributed by atoms with E-state index >= 15 is 0 Å². The van der Waals surface area contributed by atoms with E-state index < -0.39 is 0 Å². The van der Waals surface area contributed by atoms with Gasteiger partial charge < -0.3 is 4.74 Å². The third-order valence-electron chi connectivity index (χ3n) is 2.63. The van der Waals surface area contributed by atoms with Gasteiger partial charge in [-0.3, -0.25) is 4.90 Å². The van der Waals surface area contributed by atoms with E-state index in [1.165, 1.54) is 24.8 Å². The largest absolute Gasteiger partial charge is 0.447 e. The molecule has 1 amide bonds. The number of amides is 1. The average molecular weight is 181 g/mol. The van der Waals surface area contributed by atoms with Gasteiger partial charge in [-0.1, -0.05) is 12.0 Å². The molecule has 0 bridgehead atoms. The van der Waals surface area contributed by atoms with Gasteiger partial charge in [0.25, 0.3) is 0 Å². The maximum atomic E-state index is 11.1. The van der Waals surface area contributed by atoms with Gasteiger partial charge >= 0.3 is 6.09 Å². The fourth-order valence-corrected chi connectivity index (χ4v) is 1.88. The zero-order valence-electron chi connectivity index (χ0n) is 7.79. The summed E-state index contributed by atoms with van der Waals surface area (Å²) < 4.78 is 4.85. The number of ether oxygens (including phenoxy) is 1. The normalized spacial score (nSPS) is 23.2. The minimum absolute atomic E-state index is 0.182. The van der Waals surface area contributed by atoms with Crippen LogP contribution in [0.1, 0.15) is 32.1 Å². The predicted molar refractivity (Wildman–Crippen MR) is 49.2 cm³/mol. The van der Waals surface area contributed by atoms with Gasteiger partial charge in [-0.2, -0.15) is 0 Å². The molecule has 0 unspecified atom stereocenters. The highest BCUT2D eigenvalue weighted by Crippen LogP contribution is 2.23. The molecule has 0 aromatic carbocycles. The minimum atomic E-state index is -0.182. The summed E-state index contributed by atoms with van der Waals surface area (Å²) in [5.74, 6) is 0. The highest BCUT2D eigenvalue weighted by Gasteiger charge is 2.20. The summed E-state index contributed by atoms with van der Waals surface area (Å²) in [5.41, 5.74) is 1.41. The Morgan fingerprint density at radius 2 is 2.00 bits per heavy atom. The monoisotopic (exact) mass is 181 g/mol. The standard InChI is InChI=1S/C10H15NO2/c12-10-11(6-7-13-10)8-9-4-2-1-3-5-9/h8H,1-7H2. The number of cyclic esters (lactones) is 1. The fraction of sp³-hybridized carbons (Fsp3) is 0.700. The number of hydrogen-bond donors (Lipinski definition) is 0. The molecule has 0 aromatic rings. The third kappa shape index (κ3) is 2.02. The summed E-state index contributed by atoms with van der Waals surface area (Å²) >= 11 is 0. The topological polar surface area (TPSA) is 29.5 Å². The molecular weight excluding hydrogens is 166 g/mol. The number of allylic oxidation sites excluding steroid dienone is 1. The molecule has 2 fully saturated rings. The van der Waals surface area contributed by atoms with E-state index in [0.29, 0.717) is 6.61 Å². The van der Waals surface area contributed by atoms with Gasteiger partial charge in [-0.15, -0.1) is 0 Å². The summed E-state index contributed by atoms with van der Waals surface area (Å²) in [6, 6.07) is 0. The molecule has 1 saturated carbocycles. The van der Waals surface area contributed by atoms with Gasteiger partial charge in [0.1, 0.15) is 6.61 Å². The summed E-state index contributed by atoms with van der Waals surface area (Å²) in [7, 11) is 0. The van der Waals surface area contributed by atoms with Crippen LogP contribution >= 0.6 is 0 Å². The number of rotatable bonds is 1. The Labute approximate surface area is 78.4 Å². The molecular formula is C10H15NO2. The SMILES string of the molecule is O=C1OCCN1C=C1CCCCC1. The van der Waals surface area contributed by atoms with E-state index in [-0.39, 0.29) is 6.09 Å². The van der Waals surface area contributed by atoms with E-state index in [9.17, 15) is 4.79 Å². The van der Waals surface area contributed by atoms with Crippen LogP contribution in [-0.2, 0) is 4.74 Å². The Kier molecular flexibility index (Phi) is 2.52. The summed E-state index contributed by atoms with van der Waals surface area (Å²) in [6.07, 6.45) is 8.01. The Morgan fingerprint density at radius 1 is 1.23 bits per heavy atom. The smallest absolute Gasteiger partial charge is 0.413 e. The van der Waals surface area contributed by atoms with Crippen LogP contribution in [0.25, 0.3) is 0 Å². The minimum Gasteiger partial charge on any atom is -0.447 e. The van der Waals surface area contributed by atoms with Crippen molar-refractivity contribution in [3.05, 3.63) is 11.8 Å². The van der Waals surface area contributed by atoms with Crippen LogP contribution in [0.5, 0.6) is 0 Å². The van der Waals surface area contributed by atoms with Crippen LogP contribution in [0, 0.1) is 0 Å². The lowest BCUT2D eigenvalue weighted by atomic mass is 9.96. The Hall–Kier alpha value is -0.990. The molecule has 1 aliphatic heterocycles. The predicted octanol–water partition coefficient (Wildman–Crippen LogP) is 2.29. The lowest BCUT2D eigenvalue weighted by Crippen LogP contribution is -2.18. The first kappa shape index (κ1) is 8.60. The zero-order chi connectivity index (χ0) is 9.10. The molecule has 1 heterocycles. The van der Waals surface area contributed by atoms with Gasteiger partial charge in [0.15, 0.2) is 0 Å². The zero-order valence-corrected chi connectivity index (χ0v) is 7.79. The highest BCUT2D eigenvalue weighted by molar-refractivity contribution is 5.70. The van der Waals surface area contributed by atoms with Crippen molar-refractivity contribution in [3.63, 3.8) is 0 Å². The fourth-order valence-electron chi connectivity index (χ4n) is 1.88. The molecule has 72 valence electrons. The molecule has 3 heteroatoms. The number of nitrogens with zero attached hydrogens (tertiary/aromatic N) is 1. The number of carbonyl (C=O) groups excluding carboxylic acids is 1. The van der Waals surface area contributed by atoms with Crippen LogP contribution in [0.2, 0.25) is 0 Å². The molecule has 2 aliphatic rings. The van der Waals surface area contributed by atoms with E-state index in [2.05, 4.69) is 0 Å². The second-order valence-corrected chi connectivity index (χ2v) is 3.66. The quantitative estimate of drug-likeness (QED) is 0.621. The molecule has 3 nitrogen and oxygen atoms in total. The molecule has 0 spiro atoms. The number of hydrogen-bond acceptors (Lipinski definition) is 2. The van der Waals surface area contributed by atoms with Crippen molar-refractivity contribution in [3.8, 4) is 0 Å². The van der Waals surface area contributed by atoms with Crippen molar-refractivity contribution in [2.24, 2.45) is 0 Å². The van der Waals surface area contributed by atoms with Gasteiger partial charge in [-0.25, -0.2) is 4.79 Å². The van der Waals surface area contributed by atoms with E-state index in [0.717, 1.165) is 19.4 Å². The van der Waals surface area contributed by atoms with Crippen molar-refractivity contribution in [2.75, 3.05) is 13.2 Å². The van der Waals surface area contributed by atoms with Crippen LogP contribution in [-0.4, -0.2) is 24.1 Å². The molecule has 2 rings (SSSR count). The van der Waals surface area contributed by atoms with Crippen LogP contribution in [0.15, 0.2) is 11.8 Å². The maximum absolute atomic E-state index is 11.1. The molecule has 0 N–H and O–H groups in total. The highest BCUT2D eigenvalue weighted by atomic mass is 16.6. The summed E-state index contributed by atoms with van der Waals surface area (Å²) in [6.45, 7) is 1.27. The van der Waals surface area contributed by atoms with E-state index in [4.69, 9.17) is 4.74 Å². The van der Waals surface area contributed by atoms with Gasteiger partial charge in [0.2, 0.25) is 0 Å². The van der Waals surface area contributed by atoms with Gasteiger partial charge in [0, 0.05) is 6.20 Å². The average Bonchev–Trinajstić information content (AvgIpc) is 2.54. The van der Waals surface area contributed by atoms with Crippen molar-refractivity contribution in [1.82, 2.24) is 4.90 Å².